The molecule has 7 nitrogen and oxygen atoms in total. The van der Waals surface area contributed by atoms with Crippen LogP contribution < -0.4 is 14.8 Å². The molecule has 0 aliphatic rings. The van der Waals surface area contributed by atoms with Crippen molar-refractivity contribution in [3.63, 3.8) is 0 Å². The van der Waals surface area contributed by atoms with Crippen LogP contribution in [0, 0.1) is 5.92 Å². The summed E-state index contributed by atoms with van der Waals surface area (Å²) >= 11 is 0. The standard InChI is InChI=1S/C22H27NO6.V/c1-16(2)14-27-18-8-10-19(11-9-18)28-15-21(25)29-20(13-24)12-23-22(26)17-6-4-3-5-7-17;/h3-11,16,20,24H,12-15H2,1-2H3,(H,23,26);. The maximum absolute atomic E-state index is 12.0. The Hall–Kier alpha value is -2.48. The Morgan fingerprint density at radius 1 is 0.967 bits per heavy atom. The van der Waals surface area contributed by atoms with E-state index in [-0.39, 0.29) is 37.6 Å². The van der Waals surface area contributed by atoms with Gasteiger partial charge >= 0.3 is 5.97 Å². The van der Waals surface area contributed by atoms with E-state index < -0.39 is 18.7 Å². The van der Waals surface area contributed by atoms with Gasteiger partial charge in [-0.3, -0.25) is 4.79 Å². The van der Waals surface area contributed by atoms with Gasteiger partial charge in [0.2, 0.25) is 0 Å². The second-order valence-electron chi connectivity index (χ2n) is 6.84. The molecule has 161 valence electrons. The van der Waals surface area contributed by atoms with Gasteiger partial charge in [-0.25, -0.2) is 4.79 Å². The van der Waals surface area contributed by atoms with Crippen molar-refractivity contribution in [2.75, 3.05) is 26.4 Å². The first-order valence-electron chi connectivity index (χ1n) is 9.47. The molecule has 2 aromatic carbocycles. The van der Waals surface area contributed by atoms with Crippen LogP contribution in [0.3, 0.4) is 0 Å². The predicted octanol–water partition coefficient (Wildman–Crippen LogP) is 2.43. The first-order valence-corrected chi connectivity index (χ1v) is 9.47. The van der Waals surface area contributed by atoms with Crippen LogP contribution in [-0.2, 0) is 28.1 Å². The van der Waals surface area contributed by atoms with E-state index in [2.05, 4.69) is 19.2 Å². The number of rotatable bonds is 11. The van der Waals surface area contributed by atoms with E-state index in [9.17, 15) is 14.7 Å². The maximum Gasteiger partial charge on any atom is 0.344 e. The van der Waals surface area contributed by atoms with E-state index in [0.29, 0.717) is 23.8 Å². The molecule has 0 aliphatic carbocycles. The summed E-state index contributed by atoms with van der Waals surface area (Å²) in [7, 11) is 0. The third kappa shape index (κ3) is 9.35. The number of nitrogens with one attached hydrogen (secondary N) is 1. The van der Waals surface area contributed by atoms with E-state index in [0.717, 1.165) is 5.75 Å². The van der Waals surface area contributed by atoms with Gasteiger partial charge in [0.15, 0.2) is 6.61 Å². The maximum atomic E-state index is 12.0. The van der Waals surface area contributed by atoms with Crippen LogP contribution >= 0.6 is 0 Å². The fraction of sp³-hybridized carbons (Fsp3) is 0.364. The minimum Gasteiger partial charge on any atom is -0.493 e. The van der Waals surface area contributed by atoms with Crippen molar-refractivity contribution in [1.29, 1.82) is 0 Å². The van der Waals surface area contributed by atoms with Gasteiger partial charge in [0.25, 0.3) is 5.91 Å². The average Bonchev–Trinajstić information content (AvgIpc) is 2.74. The van der Waals surface area contributed by atoms with Crippen molar-refractivity contribution in [3.05, 3.63) is 60.2 Å². The van der Waals surface area contributed by atoms with E-state index in [4.69, 9.17) is 14.2 Å². The monoisotopic (exact) mass is 452 g/mol. The zero-order valence-electron chi connectivity index (χ0n) is 17.1. The van der Waals surface area contributed by atoms with Gasteiger partial charge in [-0.05, 0) is 42.3 Å². The van der Waals surface area contributed by atoms with E-state index >= 15 is 0 Å². The summed E-state index contributed by atoms with van der Waals surface area (Å²) in [4.78, 5) is 24.0. The van der Waals surface area contributed by atoms with E-state index in [1.54, 1.807) is 54.6 Å². The molecule has 0 saturated carbocycles. The molecule has 30 heavy (non-hydrogen) atoms. The average molecular weight is 452 g/mol. The summed E-state index contributed by atoms with van der Waals surface area (Å²) in [6, 6.07) is 15.6. The van der Waals surface area contributed by atoms with Crippen molar-refractivity contribution in [2.24, 2.45) is 5.92 Å². The zero-order valence-corrected chi connectivity index (χ0v) is 18.5. The molecule has 0 bridgehead atoms. The fourth-order valence-corrected chi connectivity index (χ4v) is 2.30. The van der Waals surface area contributed by atoms with Crippen LogP contribution in [0.1, 0.15) is 24.2 Å². The molecule has 2 rings (SSSR count). The zero-order chi connectivity index (χ0) is 21.1. The Kier molecular flexibility index (Phi) is 11.7. The van der Waals surface area contributed by atoms with Gasteiger partial charge in [-0.15, -0.1) is 0 Å². The number of aliphatic hydroxyl groups is 1. The molecule has 0 fully saturated rings. The van der Waals surface area contributed by atoms with E-state index in [1.807, 2.05) is 0 Å². The van der Waals surface area contributed by atoms with Crippen molar-refractivity contribution in [3.8, 4) is 11.5 Å². The third-order valence-corrected chi connectivity index (χ3v) is 3.79. The van der Waals surface area contributed by atoms with Gasteiger partial charge in [0.05, 0.1) is 19.8 Å². The number of carbonyl (C=O) groups excluding carboxylic acids is 2. The number of aliphatic hydroxyl groups excluding tert-OH is 1. The van der Waals surface area contributed by atoms with Crippen LogP contribution in [0.2, 0.25) is 0 Å². The van der Waals surface area contributed by atoms with Crippen molar-refractivity contribution >= 4 is 11.9 Å². The van der Waals surface area contributed by atoms with Gasteiger partial charge in [-0.2, -0.15) is 0 Å². The number of carbonyl (C=O) groups is 2. The van der Waals surface area contributed by atoms with Crippen LogP contribution in [0.4, 0.5) is 0 Å². The van der Waals surface area contributed by atoms with E-state index in [1.165, 1.54) is 0 Å². The summed E-state index contributed by atoms with van der Waals surface area (Å²) in [6.07, 6.45) is -0.856. The Morgan fingerprint density at radius 2 is 1.57 bits per heavy atom. The molecule has 0 aliphatic heterocycles. The van der Waals surface area contributed by atoms with Crippen LogP contribution in [0.5, 0.6) is 11.5 Å². The van der Waals surface area contributed by atoms with Crippen LogP contribution in [0.15, 0.2) is 54.6 Å². The Balaban J connectivity index is 0.00000450. The first-order chi connectivity index (χ1) is 14.0. The van der Waals surface area contributed by atoms with Crippen molar-refractivity contribution < 1.29 is 47.5 Å². The molecular weight excluding hydrogens is 425 g/mol. The SMILES string of the molecule is CC(C)COc1ccc(OCC(=O)OC(CO)CNC(=O)c2ccccc2)cc1.[V]. The molecule has 0 heterocycles. The predicted molar refractivity (Wildman–Crippen MR) is 108 cm³/mol. The normalized spacial score (nSPS) is 11.2. The largest absolute Gasteiger partial charge is 0.493 e. The molecule has 0 spiro atoms. The first kappa shape index (κ1) is 25.6. The van der Waals surface area contributed by atoms with Crippen LogP contribution in [-0.4, -0.2) is 49.5 Å². The van der Waals surface area contributed by atoms with Gasteiger partial charge in [-0.1, -0.05) is 32.0 Å². The van der Waals surface area contributed by atoms with Crippen molar-refractivity contribution in [2.45, 2.75) is 20.0 Å². The summed E-state index contributed by atoms with van der Waals surface area (Å²) in [5.41, 5.74) is 0.486. The second-order valence-corrected chi connectivity index (χ2v) is 6.84. The molecule has 1 radical (unpaired) electrons. The third-order valence-electron chi connectivity index (χ3n) is 3.79. The molecule has 2 N–H and O–H groups in total. The fourth-order valence-electron chi connectivity index (χ4n) is 2.30. The summed E-state index contributed by atoms with van der Waals surface area (Å²) in [5.74, 6) is 0.701. The molecule has 1 unspecified atom stereocenters. The smallest absolute Gasteiger partial charge is 0.344 e. The number of ether oxygens (including phenoxy) is 3. The number of hydrogen-bond acceptors (Lipinski definition) is 6. The minimum absolute atomic E-state index is 0. The number of amides is 1. The molecule has 0 aromatic heterocycles. The molecule has 1 atom stereocenters. The van der Waals surface area contributed by atoms with Gasteiger partial charge < -0.3 is 24.6 Å². The molecule has 0 saturated heterocycles. The van der Waals surface area contributed by atoms with Gasteiger partial charge in [0.1, 0.15) is 17.6 Å². The summed E-state index contributed by atoms with van der Waals surface area (Å²) in [5, 5.41) is 12.0. The molecule has 1 amide bonds. The summed E-state index contributed by atoms with van der Waals surface area (Å²) < 4.78 is 16.1. The number of hydrogen-bond donors (Lipinski definition) is 2. The number of benzene rings is 2. The Labute approximate surface area is 188 Å². The number of esters is 1. The molecular formula is C22H27NO6V. The molecule has 8 heteroatoms. The Morgan fingerprint density at radius 3 is 2.13 bits per heavy atom. The van der Waals surface area contributed by atoms with Crippen LogP contribution in [0.25, 0.3) is 0 Å². The summed E-state index contributed by atoms with van der Waals surface area (Å²) in [6.45, 7) is 4.03. The Bertz CT molecular complexity index is 767. The molecule has 2 aromatic rings. The minimum atomic E-state index is -0.856. The quantitative estimate of drug-likeness (QED) is 0.509. The van der Waals surface area contributed by atoms with Crippen molar-refractivity contribution in [1.82, 2.24) is 5.32 Å². The van der Waals surface area contributed by atoms with Gasteiger partial charge in [0, 0.05) is 24.1 Å². The second kappa shape index (κ2) is 13.7. The topological polar surface area (TPSA) is 94.1 Å².